The summed E-state index contributed by atoms with van der Waals surface area (Å²) in [6, 6.07) is 11.8. The van der Waals surface area contributed by atoms with Crippen LogP contribution in [0.1, 0.15) is 5.56 Å². The first kappa shape index (κ1) is 19.7. The predicted molar refractivity (Wildman–Crippen MR) is 96.5 cm³/mol. The molecule has 11 heteroatoms. The highest BCUT2D eigenvalue weighted by Gasteiger charge is 2.34. The lowest BCUT2D eigenvalue weighted by atomic mass is 10.2. The number of methoxy groups -OCH3 is 1. The van der Waals surface area contributed by atoms with E-state index in [4.69, 9.17) is 4.74 Å². The molecular formula is C17H14F3N5O2S. The summed E-state index contributed by atoms with van der Waals surface area (Å²) < 4.78 is 45.8. The zero-order chi connectivity index (χ0) is 20.1. The van der Waals surface area contributed by atoms with Crippen LogP contribution in [0, 0.1) is 0 Å². The normalized spacial score (nSPS) is 11.3. The van der Waals surface area contributed by atoms with Gasteiger partial charge in [-0.15, -0.1) is 5.10 Å². The van der Waals surface area contributed by atoms with E-state index in [9.17, 15) is 18.0 Å². The molecule has 0 aliphatic rings. The first-order chi connectivity index (χ1) is 13.4. The molecule has 0 aliphatic carbocycles. The quantitative estimate of drug-likeness (QED) is 0.629. The smallest absolute Gasteiger partial charge is 0.418 e. The van der Waals surface area contributed by atoms with E-state index in [0.717, 1.165) is 22.5 Å². The van der Waals surface area contributed by atoms with Crippen LogP contribution >= 0.6 is 11.8 Å². The van der Waals surface area contributed by atoms with E-state index in [1.54, 1.807) is 24.3 Å². The second-order valence-electron chi connectivity index (χ2n) is 5.43. The van der Waals surface area contributed by atoms with Gasteiger partial charge in [-0.25, -0.2) is 0 Å². The number of para-hydroxylation sites is 3. The molecule has 0 fully saturated rings. The molecule has 0 saturated carbocycles. The first-order valence-corrected chi connectivity index (χ1v) is 8.89. The number of tetrazole rings is 1. The standard InChI is InChI=1S/C17H14F3N5O2S/c1-27-14-9-5-3-7-12(14)21-15(26)10-28-16-22-23-24-25(16)13-8-4-2-6-11(13)17(18,19)20/h2-9H,10H2,1H3,(H,21,26). The summed E-state index contributed by atoms with van der Waals surface area (Å²) in [6.07, 6.45) is -4.56. The monoisotopic (exact) mass is 409 g/mol. The molecular weight excluding hydrogens is 395 g/mol. The summed E-state index contributed by atoms with van der Waals surface area (Å²) in [7, 11) is 1.48. The van der Waals surface area contributed by atoms with Crippen LogP contribution in [-0.2, 0) is 11.0 Å². The van der Waals surface area contributed by atoms with Gasteiger partial charge in [0.15, 0.2) is 0 Å². The number of nitrogens with one attached hydrogen (secondary N) is 1. The number of alkyl halides is 3. The molecule has 0 unspecified atom stereocenters. The molecule has 1 aromatic heterocycles. The lowest BCUT2D eigenvalue weighted by molar-refractivity contribution is -0.137. The molecule has 0 radical (unpaired) electrons. The van der Waals surface area contributed by atoms with Crippen molar-refractivity contribution < 1.29 is 22.7 Å². The molecule has 0 spiro atoms. The van der Waals surface area contributed by atoms with Gasteiger partial charge in [-0.2, -0.15) is 17.9 Å². The third-order valence-corrected chi connectivity index (χ3v) is 4.51. The predicted octanol–water partition coefficient (Wildman–Crippen LogP) is 3.42. The number of ether oxygens (including phenoxy) is 1. The van der Waals surface area contributed by atoms with Gasteiger partial charge in [-0.3, -0.25) is 4.79 Å². The molecule has 3 rings (SSSR count). The number of carbonyl (C=O) groups excluding carboxylic acids is 1. The molecule has 1 N–H and O–H groups in total. The molecule has 0 aliphatic heterocycles. The fourth-order valence-electron chi connectivity index (χ4n) is 2.38. The van der Waals surface area contributed by atoms with E-state index in [2.05, 4.69) is 20.8 Å². The van der Waals surface area contributed by atoms with E-state index >= 15 is 0 Å². The number of nitrogens with zero attached hydrogens (tertiary/aromatic N) is 4. The van der Waals surface area contributed by atoms with Crippen LogP contribution in [0.4, 0.5) is 18.9 Å². The second-order valence-corrected chi connectivity index (χ2v) is 6.37. The van der Waals surface area contributed by atoms with Crippen molar-refractivity contribution in [3.05, 3.63) is 54.1 Å². The van der Waals surface area contributed by atoms with Crippen molar-refractivity contribution in [2.75, 3.05) is 18.2 Å². The van der Waals surface area contributed by atoms with Crippen LogP contribution in [0.2, 0.25) is 0 Å². The summed E-state index contributed by atoms with van der Waals surface area (Å²) in [4.78, 5) is 12.2. The Bertz CT molecular complexity index is 977. The zero-order valence-electron chi connectivity index (χ0n) is 14.5. The van der Waals surface area contributed by atoms with Crippen LogP contribution in [0.25, 0.3) is 5.69 Å². The number of hydrogen-bond acceptors (Lipinski definition) is 6. The highest BCUT2D eigenvalue weighted by Crippen LogP contribution is 2.34. The van der Waals surface area contributed by atoms with Crippen molar-refractivity contribution in [1.82, 2.24) is 20.2 Å². The molecule has 0 saturated heterocycles. The van der Waals surface area contributed by atoms with Gasteiger partial charge in [0.05, 0.1) is 29.8 Å². The Hall–Kier alpha value is -3.08. The van der Waals surface area contributed by atoms with Gasteiger partial charge in [0.2, 0.25) is 11.1 Å². The number of hydrogen-bond donors (Lipinski definition) is 1. The summed E-state index contributed by atoms with van der Waals surface area (Å²) in [5, 5.41) is 13.5. The number of thioether (sulfide) groups is 1. The molecule has 3 aromatic rings. The fourth-order valence-corrected chi connectivity index (χ4v) is 3.07. The number of anilines is 1. The molecule has 1 heterocycles. The lowest BCUT2D eigenvalue weighted by Crippen LogP contribution is -2.16. The largest absolute Gasteiger partial charge is 0.495 e. The van der Waals surface area contributed by atoms with E-state index < -0.39 is 11.7 Å². The Balaban J connectivity index is 1.75. The first-order valence-electron chi connectivity index (χ1n) is 7.91. The van der Waals surface area contributed by atoms with E-state index in [1.807, 2.05) is 0 Å². The Kier molecular flexibility index (Phi) is 5.83. The zero-order valence-corrected chi connectivity index (χ0v) is 15.3. The molecule has 146 valence electrons. The third kappa shape index (κ3) is 4.42. The second kappa shape index (κ2) is 8.30. The van der Waals surface area contributed by atoms with E-state index in [1.165, 1.54) is 25.3 Å². The van der Waals surface area contributed by atoms with Crippen LogP contribution < -0.4 is 10.1 Å². The maximum Gasteiger partial charge on any atom is 0.418 e. The Morgan fingerprint density at radius 3 is 2.64 bits per heavy atom. The van der Waals surface area contributed by atoms with Crippen LogP contribution in [0.15, 0.2) is 53.7 Å². The molecule has 28 heavy (non-hydrogen) atoms. The number of amides is 1. The summed E-state index contributed by atoms with van der Waals surface area (Å²) in [6.45, 7) is 0. The summed E-state index contributed by atoms with van der Waals surface area (Å²) in [5.41, 5.74) is -0.604. The van der Waals surface area contributed by atoms with Gasteiger partial charge in [-0.05, 0) is 34.7 Å². The van der Waals surface area contributed by atoms with Crippen LogP contribution in [0.3, 0.4) is 0 Å². The van der Waals surface area contributed by atoms with Crippen LogP contribution in [0.5, 0.6) is 5.75 Å². The summed E-state index contributed by atoms with van der Waals surface area (Å²) >= 11 is 0.915. The average molecular weight is 409 g/mol. The van der Waals surface area contributed by atoms with Gasteiger partial charge in [0, 0.05) is 0 Å². The Morgan fingerprint density at radius 2 is 1.89 bits per heavy atom. The van der Waals surface area contributed by atoms with Crippen molar-refractivity contribution in [3.63, 3.8) is 0 Å². The number of benzene rings is 2. The highest BCUT2D eigenvalue weighted by molar-refractivity contribution is 7.99. The van der Waals surface area contributed by atoms with Crippen molar-refractivity contribution in [2.24, 2.45) is 0 Å². The molecule has 1 amide bonds. The lowest BCUT2D eigenvalue weighted by Gasteiger charge is -2.13. The van der Waals surface area contributed by atoms with Crippen molar-refractivity contribution >= 4 is 23.4 Å². The molecule has 2 aromatic carbocycles. The third-order valence-electron chi connectivity index (χ3n) is 3.59. The Morgan fingerprint density at radius 1 is 1.18 bits per heavy atom. The minimum absolute atomic E-state index is 0.0619. The maximum atomic E-state index is 13.2. The van der Waals surface area contributed by atoms with Crippen molar-refractivity contribution in [3.8, 4) is 11.4 Å². The van der Waals surface area contributed by atoms with Crippen molar-refractivity contribution in [1.29, 1.82) is 0 Å². The SMILES string of the molecule is COc1ccccc1NC(=O)CSc1nnnn1-c1ccccc1C(F)(F)F. The van der Waals surface area contributed by atoms with Crippen LogP contribution in [-0.4, -0.2) is 39.0 Å². The van der Waals surface area contributed by atoms with E-state index in [0.29, 0.717) is 11.4 Å². The minimum Gasteiger partial charge on any atom is -0.495 e. The molecule has 0 atom stereocenters. The summed E-state index contributed by atoms with van der Waals surface area (Å²) in [5.74, 6) is 0.00465. The minimum atomic E-state index is -4.56. The Labute approximate surface area is 161 Å². The maximum absolute atomic E-state index is 13.2. The average Bonchev–Trinajstić information content (AvgIpc) is 3.14. The van der Waals surface area contributed by atoms with Gasteiger partial charge in [-0.1, -0.05) is 36.0 Å². The number of aromatic nitrogens is 4. The molecule has 0 bridgehead atoms. The van der Waals surface area contributed by atoms with E-state index in [-0.39, 0.29) is 22.5 Å². The van der Waals surface area contributed by atoms with Crippen molar-refractivity contribution in [2.45, 2.75) is 11.3 Å². The van der Waals surface area contributed by atoms with Gasteiger partial charge >= 0.3 is 6.18 Å². The number of carbonyl (C=O) groups is 1. The fraction of sp³-hybridized carbons (Fsp3) is 0.176. The molecule has 7 nitrogen and oxygen atoms in total. The number of halogens is 3. The topological polar surface area (TPSA) is 81.9 Å². The van der Waals surface area contributed by atoms with Gasteiger partial charge < -0.3 is 10.1 Å². The van der Waals surface area contributed by atoms with Gasteiger partial charge in [0.1, 0.15) is 5.75 Å². The number of rotatable bonds is 6. The van der Waals surface area contributed by atoms with Gasteiger partial charge in [0.25, 0.3) is 0 Å². The highest BCUT2D eigenvalue weighted by atomic mass is 32.2.